The van der Waals surface area contributed by atoms with Crippen LogP contribution >= 0.6 is 0 Å². The molecule has 3 aromatic carbocycles. The lowest BCUT2D eigenvalue weighted by atomic mass is 10.0. The Hall–Kier alpha value is -2.88. The molecule has 0 radical (unpaired) electrons. The van der Waals surface area contributed by atoms with Crippen molar-refractivity contribution in [3.05, 3.63) is 72.0 Å². The van der Waals surface area contributed by atoms with Crippen molar-refractivity contribution in [1.82, 2.24) is 0 Å². The summed E-state index contributed by atoms with van der Waals surface area (Å²) in [6.45, 7) is 2.34. The first-order valence-corrected chi connectivity index (χ1v) is 7.40. The van der Waals surface area contributed by atoms with E-state index in [0.29, 0.717) is 23.6 Å². The number of hydrogen-bond donors (Lipinski definition) is 1. The van der Waals surface area contributed by atoms with E-state index in [1.807, 2.05) is 37.3 Å². The molecule has 0 heterocycles. The van der Waals surface area contributed by atoms with E-state index in [0.717, 1.165) is 10.8 Å². The summed E-state index contributed by atoms with van der Waals surface area (Å²) in [6, 6.07) is 17.0. The van der Waals surface area contributed by atoms with Crippen LogP contribution < -0.4 is 10.1 Å². The maximum Gasteiger partial charge on any atom is 0.260 e. The van der Waals surface area contributed by atoms with Gasteiger partial charge in [-0.1, -0.05) is 30.3 Å². The second kappa shape index (κ2) is 6.48. The zero-order chi connectivity index (χ0) is 16.2. The largest absolute Gasteiger partial charge is 0.493 e. The molecule has 0 aliphatic heterocycles. The fourth-order valence-corrected chi connectivity index (χ4v) is 2.49. The molecule has 0 aromatic heterocycles. The van der Waals surface area contributed by atoms with Crippen molar-refractivity contribution in [1.29, 1.82) is 0 Å². The van der Waals surface area contributed by atoms with Gasteiger partial charge in [-0.25, -0.2) is 4.39 Å². The van der Waals surface area contributed by atoms with Crippen molar-refractivity contribution in [3.8, 4) is 5.75 Å². The summed E-state index contributed by atoms with van der Waals surface area (Å²) in [7, 11) is 0. The minimum atomic E-state index is -0.344. The molecule has 23 heavy (non-hydrogen) atoms. The van der Waals surface area contributed by atoms with E-state index in [4.69, 9.17) is 4.74 Å². The molecule has 116 valence electrons. The highest BCUT2D eigenvalue weighted by atomic mass is 19.1. The Morgan fingerprint density at radius 1 is 1.04 bits per heavy atom. The molecule has 0 aliphatic carbocycles. The molecule has 3 aromatic rings. The Balaban J connectivity index is 2.03. The van der Waals surface area contributed by atoms with Gasteiger partial charge in [-0.2, -0.15) is 0 Å². The van der Waals surface area contributed by atoms with Gasteiger partial charge in [0.2, 0.25) is 0 Å². The van der Waals surface area contributed by atoms with E-state index in [9.17, 15) is 9.18 Å². The first-order chi connectivity index (χ1) is 11.2. The van der Waals surface area contributed by atoms with E-state index < -0.39 is 0 Å². The van der Waals surface area contributed by atoms with Crippen LogP contribution in [0.4, 0.5) is 10.1 Å². The highest BCUT2D eigenvalue weighted by Crippen LogP contribution is 2.29. The van der Waals surface area contributed by atoms with Crippen LogP contribution in [0.25, 0.3) is 10.8 Å². The number of hydrogen-bond acceptors (Lipinski definition) is 2. The fourth-order valence-electron chi connectivity index (χ4n) is 2.49. The van der Waals surface area contributed by atoms with Gasteiger partial charge in [0, 0.05) is 5.69 Å². The van der Waals surface area contributed by atoms with Crippen LogP contribution in [-0.2, 0) is 0 Å². The van der Waals surface area contributed by atoms with Crippen LogP contribution in [0.1, 0.15) is 17.3 Å². The van der Waals surface area contributed by atoms with Crippen molar-refractivity contribution >= 4 is 22.4 Å². The standard InChI is InChI=1S/C19H16FNO2/c1-2-23-17-12-7-13-5-3-4-6-16(13)18(17)19(22)21-15-10-8-14(20)9-11-15/h3-12H,2H2,1H3,(H,21,22). The summed E-state index contributed by atoms with van der Waals surface area (Å²) in [5, 5.41) is 4.57. The maximum absolute atomic E-state index is 13.0. The Kier molecular flexibility index (Phi) is 4.24. The average Bonchev–Trinajstić information content (AvgIpc) is 2.57. The minimum Gasteiger partial charge on any atom is -0.493 e. The zero-order valence-electron chi connectivity index (χ0n) is 12.7. The summed E-state index contributed by atoms with van der Waals surface area (Å²) in [6.07, 6.45) is 0. The van der Waals surface area contributed by atoms with E-state index >= 15 is 0 Å². The van der Waals surface area contributed by atoms with Crippen LogP contribution in [0.15, 0.2) is 60.7 Å². The molecule has 4 heteroatoms. The van der Waals surface area contributed by atoms with Crippen LogP contribution in [-0.4, -0.2) is 12.5 Å². The van der Waals surface area contributed by atoms with E-state index in [1.165, 1.54) is 24.3 Å². The lowest BCUT2D eigenvalue weighted by molar-refractivity contribution is 0.102. The Labute approximate surface area is 133 Å². The second-order valence-electron chi connectivity index (χ2n) is 5.05. The summed E-state index contributed by atoms with van der Waals surface area (Å²) in [5.41, 5.74) is 1.01. The molecule has 3 nitrogen and oxygen atoms in total. The van der Waals surface area contributed by atoms with Crippen LogP contribution in [0.3, 0.4) is 0 Å². The normalized spacial score (nSPS) is 10.5. The van der Waals surface area contributed by atoms with Gasteiger partial charge in [-0.3, -0.25) is 4.79 Å². The second-order valence-corrected chi connectivity index (χ2v) is 5.05. The molecule has 0 fully saturated rings. The number of fused-ring (bicyclic) bond motifs is 1. The number of halogens is 1. The predicted octanol–water partition coefficient (Wildman–Crippen LogP) is 4.63. The molecule has 0 aliphatic rings. The van der Waals surface area contributed by atoms with Gasteiger partial charge in [0.25, 0.3) is 5.91 Å². The maximum atomic E-state index is 13.0. The SMILES string of the molecule is CCOc1ccc2ccccc2c1C(=O)Nc1ccc(F)cc1. The third-order valence-electron chi connectivity index (χ3n) is 3.52. The topological polar surface area (TPSA) is 38.3 Å². The van der Waals surface area contributed by atoms with E-state index in [1.54, 1.807) is 6.07 Å². The van der Waals surface area contributed by atoms with E-state index in [2.05, 4.69) is 5.32 Å². The number of ether oxygens (including phenoxy) is 1. The Morgan fingerprint density at radius 2 is 1.78 bits per heavy atom. The molecule has 0 unspecified atom stereocenters. The van der Waals surface area contributed by atoms with Gasteiger partial charge < -0.3 is 10.1 Å². The Morgan fingerprint density at radius 3 is 2.52 bits per heavy atom. The van der Waals surface area contributed by atoms with Crippen molar-refractivity contribution < 1.29 is 13.9 Å². The smallest absolute Gasteiger partial charge is 0.260 e. The lowest BCUT2D eigenvalue weighted by Crippen LogP contribution is -2.14. The van der Waals surface area contributed by atoms with Crippen molar-refractivity contribution in [2.75, 3.05) is 11.9 Å². The molecule has 0 atom stereocenters. The van der Waals surface area contributed by atoms with Gasteiger partial charge >= 0.3 is 0 Å². The van der Waals surface area contributed by atoms with Crippen LogP contribution in [0.2, 0.25) is 0 Å². The molecule has 0 bridgehead atoms. The molecule has 1 amide bonds. The minimum absolute atomic E-state index is 0.281. The fraction of sp³-hybridized carbons (Fsp3) is 0.105. The molecule has 0 spiro atoms. The molecule has 1 N–H and O–H groups in total. The third-order valence-corrected chi connectivity index (χ3v) is 3.52. The summed E-state index contributed by atoms with van der Waals surface area (Å²) >= 11 is 0. The van der Waals surface area contributed by atoms with Gasteiger partial charge in [-0.15, -0.1) is 0 Å². The average molecular weight is 309 g/mol. The molecule has 0 saturated heterocycles. The van der Waals surface area contributed by atoms with E-state index in [-0.39, 0.29) is 11.7 Å². The van der Waals surface area contributed by atoms with Crippen molar-refractivity contribution in [3.63, 3.8) is 0 Å². The number of anilines is 1. The summed E-state index contributed by atoms with van der Waals surface area (Å²) in [4.78, 5) is 12.7. The predicted molar refractivity (Wildman–Crippen MR) is 89.5 cm³/mol. The number of carbonyl (C=O) groups excluding carboxylic acids is 1. The summed E-state index contributed by atoms with van der Waals surface area (Å²) in [5.74, 6) is -0.0918. The number of benzene rings is 3. The molecular weight excluding hydrogens is 293 g/mol. The van der Waals surface area contributed by atoms with Gasteiger partial charge in [0.15, 0.2) is 0 Å². The van der Waals surface area contributed by atoms with Gasteiger partial charge in [0.05, 0.1) is 12.2 Å². The zero-order valence-corrected chi connectivity index (χ0v) is 12.7. The van der Waals surface area contributed by atoms with Crippen molar-refractivity contribution in [2.24, 2.45) is 0 Å². The number of carbonyl (C=O) groups is 1. The molecular formula is C19H16FNO2. The Bertz CT molecular complexity index is 844. The molecule has 3 rings (SSSR count). The quantitative estimate of drug-likeness (QED) is 0.763. The first-order valence-electron chi connectivity index (χ1n) is 7.40. The van der Waals surface area contributed by atoms with Gasteiger partial charge in [0.1, 0.15) is 11.6 Å². The lowest BCUT2D eigenvalue weighted by Gasteiger charge is -2.13. The molecule has 0 saturated carbocycles. The van der Waals surface area contributed by atoms with Crippen molar-refractivity contribution in [2.45, 2.75) is 6.92 Å². The van der Waals surface area contributed by atoms with Crippen LogP contribution in [0.5, 0.6) is 5.75 Å². The monoisotopic (exact) mass is 309 g/mol. The highest BCUT2D eigenvalue weighted by molar-refractivity contribution is 6.15. The number of rotatable bonds is 4. The third kappa shape index (κ3) is 3.16. The summed E-state index contributed by atoms with van der Waals surface area (Å²) < 4.78 is 18.6. The first kappa shape index (κ1) is 15.0. The van der Waals surface area contributed by atoms with Crippen LogP contribution in [0, 0.1) is 5.82 Å². The number of amides is 1. The number of nitrogens with one attached hydrogen (secondary N) is 1. The highest BCUT2D eigenvalue weighted by Gasteiger charge is 2.16. The van der Waals surface area contributed by atoms with Gasteiger partial charge in [-0.05, 0) is 48.0 Å².